The molecule has 0 aliphatic heterocycles. The van der Waals surface area contributed by atoms with E-state index in [-0.39, 0.29) is 0 Å². The van der Waals surface area contributed by atoms with Gasteiger partial charge in [0.2, 0.25) is 0 Å². The highest BCUT2D eigenvalue weighted by atomic mass is 79.9. The van der Waals surface area contributed by atoms with Crippen molar-refractivity contribution in [1.29, 1.82) is 5.26 Å². The van der Waals surface area contributed by atoms with Crippen molar-refractivity contribution in [1.82, 2.24) is 0 Å². The van der Waals surface area contributed by atoms with Crippen molar-refractivity contribution < 1.29 is 0 Å². The van der Waals surface area contributed by atoms with Gasteiger partial charge in [0.15, 0.2) is 0 Å². The van der Waals surface area contributed by atoms with E-state index in [9.17, 15) is 0 Å². The Morgan fingerprint density at radius 2 is 2.05 bits per heavy atom. The van der Waals surface area contributed by atoms with E-state index < -0.39 is 0 Å². The minimum Gasteiger partial charge on any atom is -0.367 e. The van der Waals surface area contributed by atoms with Crippen molar-refractivity contribution in [3.05, 3.63) is 28.2 Å². The van der Waals surface area contributed by atoms with E-state index >= 15 is 0 Å². The molecule has 2 rings (SSSR count). The van der Waals surface area contributed by atoms with E-state index in [0.29, 0.717) is 17.5 Å². The van der Waals surface area contributed by atoms with E-state index in [0.717, 1.165) is 11.0 Å². The molecule has 0 spiro atoms. The lowest BCUT2D eigenvalue weighted by molar-refractivity contribution is 0.535. The van der Waals surface area contributed by atoms with Gasteiger partial charge in [0.25, 0.3) is 0 Å². The zero-order valence-electron chi connectivity index (χ0n) is 11.7. The molecule has 0 unspecified atom stereocenters. The zero-order valence-corrected chi connectivity index (χ0v) is 13.3. The number of anilines is 1. The van der Waals surface area contributed by atoms with E-state index in [1.165, 1.54) is 31.4 Å². The molecule has 2 nitrogen and oxygen atoms in total. The molecule has 0 atom stereocenters. The van der Waals surface area contributed by atoms with Crippen molar-refractivity contribution in [2.24, 2.45) is 5.92 Å². The van der Waals surface area contributed by atoms with Crippen LogP contribution in [0.15, 0.2) is 22.7 Å². The van der Waals surface area contributed by atoms with Crippen LogP contribution in [-0.4, -0.2) is 12.6 Å². The monoisotopic (exact) mass is 320 g/mol. The molecule has 1 saturated carbocycles. The van der Waals surface area contributed by atoms with E-state index in [1.807, 2.05) is 12.1 Å². The number of nitrogens with zero attached hydrogens (tertiary/aromatic N) is 2. The average Bonchev–Trinajstić information content (AvgIpc) is 2.89. The average molecular weight is 321 g/mol. The molecule has 0 N–H and O–H groups in total. The van der Waals surface area contributed by atoms with E-state index in [4.69, 9.17) is 5.26 Å². The number of benzene rings is 1. The Morgan fingerprint density at radius 3 is 2.58 bits per heavy atom. The first-order valence-corrected chi connectivity index (χ1v) is 7.87. The van der Waals surface area contributed by atoms with Gasteiger partial charge in [0.1, 0.15) is 0 Å². The summed E-state index contributed by atoms with van der Waals surface area (Å²) >= 11 is 3.63. The SMILES string of the molecule is CC(C)CN(c1ccc(C#N)cc1Br)C1CCCC1. The molecule has 1 aliphatic rings. The van der Waals surface area contributed by atoms with Crippen LogP contribution in [0, 0.1) is 17.2 Å². The molecule has 0 saturated heterocycles. The molecule has 0 heterocycles. The quantitative estimate of drug-likeness (QED) is 0.802. The van der Waals surface area contributed by atoms with E-state index in [2.05, 4.69) is 46.8 Å². The maximum Gasteiger partial charge on any atom is 0.0992 e. The van der Waals surface area contributed by atoms with Crippen molar-refractivity contribution in [2.75, 3.05) is 11.4 Å². The Balaban J connectivity index is 2.29. The maximum atomic E-state index is 8.96. The zero-order chi connectivity index (χ0) is 13.8. The number of hydrogen-bond donors (Lipinski definition) is 0. The molecule has 0 aromatic heterocycles. The third-order valence-corrected chi connectivity index (χ3v) is 4.35. The molecule has 1 aromatic carbocycles. The molecule has 1 fully saturated rings. The van der Waals surface area contributed by atoms with Crippen molar-refractivity contribution in [3.63, 3.8) is 0 Å². The Bertz CT molecular complexity index is 470. The number of halogens is 1. The van der Waals surface area contributed by atoms with Crippen molar-refractivity contribution >= 4 is 21.6 Å². The summed E-state index contributed by atoms with van der Waals surface area (Å²) in [5.41, 5.74) is 1.95. The lowest BCUT2D eigenvalue weighted by Gasteiger charge is -2.33. The minimum atomic E-state index is 0.642. The molecular weight excluding hydrogens is 300 g/mol. The first-order chi connectivity index (χ1) is 9.11. The van der Waals surface area contributed by atoms with Crippen LogP contribution in [0.4, 0.5) is 5.69 Å². The second-order valence-corrected chi connectivity index (χ2v) is 6.62. The van der Waals surface area contributed by atoms with Crippen LogP contribution in [0.2, 0.25) is 0 Å². The fraction of sp³-hybridized carbons (Fsp3) is 0.562. The van der Waals surface area contributed by atoms with Gasteiger partial charge in [-0.25, -0.2) is 0 Å². The summed E-state index contributed by atoms with van der Waals surface area (Å²) in [4.78, 5) is 2.53. The molecule has 1 aromatic rings. The standard InChI is InChI=1S/C16H21BrN2/c1-12(2)11-19(14-5-3-4-6-14)16-8-7-13(10-18)9-15(16)17/h7-9,12,14H,3-6,11H2,1-2H3. The normalized spacial score (nSPS) is 15.7. The van der Waals surface area contributed by atoms with Crippen LogP contribution < -0.4 is 4.90 Å². The van der Waals surface area contributed by atoms with Gasteiger partial charge in [-0.1, -0.05) is 26.7 Å². The maximum absolute atomic E-state index is 8.96. The molecule has 3 heteroatoms. The van der Waals surface area contributed by atoms with Crippen LogP contribution in [0.25, 0.3) is 0 Å². The summed E-state index contributed by atoms with van der Waals surface area (Å²) in [5.74, 6) is 0.642. The highest BCUT2D eigenvalue weighted by Gasteiger charge is 2.24. The summed E-state index contributed by atoms with van der Waals surface area (Å²) in [6, 6.07) is 8.79. The lowest BCUT2D eigenvalue weighted by atomic mass is 10.1. The molecule has 0 radical (unpaired) electrons. The molecule has 102 valence electrons. The summed E-state index contributed by atoms with van der Waals surface area (Å²) in [7, 11) is 0. The number of rotatable bonds is 4. The van der Waals surface area contributed by atoms with Gasteiger partial charge in [-0.15, -0.1) is 0 Å². The fourth-order valence-electron chi connectivity index (χ4n) is 2.86. The first kappa shape index (κ1) is 14.4. The molecule has 19 heavy (non-hydrogen) atoms. The molecule has 0 bridgehead atoms. The Hall–Kier alpha value is -1.01. The van der Waals surface area contributed by atoms with Crippen LogP contribution in [0.5, 0.6) is 0 Å². The largest absolute Gasteiger partial charge is 0.367 e. The minimum absolute atomic E-state index is 0.642. The van der Waals surface area contributed by atoms with E-state index in [1.54, 1.807) is 0 Å². The first-order valence-electron chi connectivity index (χ1n) is 7.08. The lowest BCUT2D eigenvalue weighted by Crippen LogP contribution is -2.36. The van der Waals surface area contributed by atoms with Crippen LogP contribution in [0.1, 0.15) is 45.1 Å². The Kier molecular flexibility index (Phi) is 4.87. The molecule has 0 amide bonds. The predicted molar refractivity (Wildman–Crippen MR) is 83.3 cm³/mol. The molecule has 1 aliphatic carbocycles. The topological polar surface area (TPSA) is 27.0 Å². The van der Waals surface area contributed by atoms with Crippen molar-refractivity contribution in [2.45, 2.75) is 45.6 Å². The number of hydrogen-bond acceptors (Lipinski definition) is 2. The van der Waals surface area contributed by atoms with Gasteiger partial charge >= 0.3 is 0 Å². The second-order valence-electron chi connectivity index (χ2n) is 5.76. The summed E-state index contributed by atoms with van der Waals surface area (Å²) in [6.45, 7) is 5.61. The van der Waals surface area contributed by atoms with Crippen LogP contribution >= 0.6 is 15.9 Å². The van der Waals surface area contributed by atoms with Gasteiger partial charge in [-0.3, -0.25) is 0 Å². The van der Waals surface area contributed by atoms with Crippen molar-refractivity contribution in [3.8, 4) is 6.07 Å². The van der Waals surface area contributed by atoms with Gasteiger partial charge in [-0.2, -0.15) is 5.26 Å². The van der Waals surface area contributed by atoms with Crippen LogP contribution in [-0.2, 0) is 0 Å². The fourth-order valence-corrected chi connectivity index (χ4v) is 3.47. The Labute approximate surface area is 124 Å². The third kappa shape index (κ3) is 3.51. The van der Waals surface area contributed by atoms with Gasteiger partial charge < -0.3 is 4.90 Å². The van der Waals surface area contributed by atoms with Gasteiger partial charge in [0, 0.05) is 17.1 Å². The summed E-state index contributed by atoms with van der Waals surface area (Å²) < 4.78 is 1.04. The summed E-state index contributed by atoms with van der Waals surface area (Å²) in [6.07, 6.45) is 5.26. The van der Waals surface area contributed by atoms with Gasteiger partial charge in [0.05, 0.1) is 17.3 Å². The Morgan fingerprint density at radius 1 is 1.37 bits per heavy atom. The highest BCUT2D eigenvalue weighted by molar-refractivity contribution is 9.10. The molecular formula is C16H21BrN2. The highest BCUT2D eigenvalue weighted by Crippen LogP contribution is 2.34. The number of nitriles is 1. The van der Waals surface area contributed by atoms with Gasteiger partial charge in [-0.05, 0) is 52.9 Å². The second kappa shape index (κ2) is 6.43. The van der Waals surface area contributed by atoms with Crippen LogP contribution in [0.3, 0.4) is 0 Å². The smallest absolute Gasteiger partial charge is 0.0992 e. The summed E-state index contributed by atoms with van der Waals surface area (Å²) in [5, 5.41) is 8.96. The third-order valence-electron chi connectivity index (χ3n) is 3.71. The predicted octanol–water partition coefficient (Wildman–Crippen LogP) is 4.73.